The molecule has 0 spiro atoms. The van der Waals surface area contributed by atoms with Gasteiger partial charge in [-0.3, -0.25) is 4.79 Å². The molecule has 1 rings (SSSR count). The van der Waals surface area contributed by atoms with Gasteiger partial charge in [-0.15, -0.1) is 24.9 Å². The minimum Gasteiger partial charge on any atom is -0.335 e. The van der Waals surface area contributed by atoms with E-state index in [9.17, 15) is 13.2 Å². The van der Waals surface area contributed by atoms with Crippen molar-refractivity contribution >= 4 is 27.5 Å². The van der Waals surface area contributed by atoms with Crippen LogP contribution in [0.2, 0.25) is 0 Å². The Morgan fingerprint density at radius 2 is 1.94 bits per heavy atom. The van der Waals surface area contributed by atoms with Gasteiger partial charge in [0, 0.05) is 18.3 Å². The molecule has 0 aromatic rings. The number of nitrogens with zero attached hydrogens (tertiary/aromatic N) is 1. The van der Waals surface area contributed by atoms with E-state index in [2.05, 4.69) is 13.2 Å². The minimum atomic E-state index is -2.86. The van der Waals surface area contributed by atoms with Crippen molar-refractivity contribution in [3.05, 3.63) is 25.3 Å². The molecule has 0 radical (unpaired) electrons. The fourth-order valence-corrected chi connectivity index (χ4v) is 5.31. The second-order valence-electron chi connectivity index (χ2n) is 4.21. The Labute approximate surface area is 113 Å². The third kappa shape index (κ3) is 4.86. The summed E-state index contributed by atoms with van der Waals surface area (Å²) in [5.41, 5.74) is 0. The number of sulfone groups is 1. The monoisotopic (exact) mass is 289 g/mol. The lowest BCUT2D eigenvalue weighted by Crippen LogP contribution is -2.33. The summed E-state index contributed by atoms with van der Waals surface area (Å²) in [5.74, 6) is 0.779. The van der Waals surface area contributed by atoms with E-state index in [1.54, 1.807) is 17.1 Å². The van der Waals surface area contributed by atoms with Crippen molar-refractivity contribution in [2.75, 3.05) is 30.3 Å². The molecule has 1 saturated heterocycles. The van der Waals surface area contributed by atoms with Crippen LogP contribution in [-0.2, 0) is 14.6 Å². The largest absolute Gasteiger partial charge is 0.335 e. The van der Waals surface area contributed by atoms with E-state index in [0.29, 0.717) is 25.3 Å². The molecule has 1 fully saturated rings. The first-order valence-corrected chi connectivity index (χ1v) is 8.67. The van der Waals surface area contributed by atoms with Gasteiger partial charge < -0.3 is 4.90 Å². The summed E-state index contributed by atoms with van der Waals surface area (Å²) in [6.45, 7) is 8.20. The fourth-order valence-electron chi connectivity index (χ4n) is 1.76. The molecule has 0 saturated carbocycles. The Kier molecular flexibility index (Phi) is 5.95. The van der Waals surface area contributed by atoms with Gasteiger partial charge in [0.05, 0.1) is 17.3 Å². The molecule has 0 aromatic carbocycles. The Morgan fingerprint density at radius 3 is 2.39 bits per heavy atom. The maximum absolute atomic E-state index is 11.9. The maximum Gasteiger partial charge on any atom is 0.233 e. The molecule has 102 valence electrons. The van der Waals surface area contributed by atoms with Crippen LogP contribution in [0.25, 0.3) is 0 Å². The van der Waals surface area contributed by atoms with Gasteiger partial charge in [0.15, 0.2) is 9.84 Å². The minimum absolute atomic E-state index is 0.00379. The van der Waals surface area contributed by atoms with Gasteiger partial charge in [0.1, 0.15) is 0 Å². The van der Waals surface area contributed by atoms with Crippen LogP contribution >= 0.6 is 11.8 Å². The Hall–Kier alpha value is -0.750. The number of hydrogen-bond donors (Lipinski definition) is 0. The number of rotatable bonds is 7. The SMILES string of the molecule is C=CCN(CC=C)C(=O)CSC1CCS(=O)(=O)C1. The Morgan fingerprint density at radius 1 is 1.33 bits per heavy atom. The summed E-state index contributed by atoms with van der Waals surface area (Å²) in [6.07, 6.45) is 4.00. The zero-order valence-corrected chi connectivity index (χ0v) is 12.0. The topological polar surface area (TPSA) is 54.5 Å². The summed E-state index contributed by atoms with van der Waals surface area (Å²) in [4.78, 5) is 13.6. The highest BCUT2D eigenvalue weighted by Gasteiger charge is 2.28. The standard InChI is InChI=1S/C12H19NO3S2/c1-3-6-13(7-4-2)12(14)9-17-11-5-8-18(15,16)10-11/h3-4,11H,1-2,5-10H2. The molecule has 1 heterocycles. The highest BCUT2D eigenvalue weighted by Crippen LogP contribution is 2.24. The lowest BCUT2D eigenvalue weighted by atomic mass is 10.4. The van der Waals surface area contributed by atoms with Gasteiger partial charge in [0.25, 0.3) is 0 Å². The van der Waals surface area contributed by atoms with Crippen LogP contribution < -0.4 is 0 Å². The van der Waals surface area contributed by atoms with Crippen molar-refractivity contribution in [3.63, 3.8) is 0 Å². The second-order valence-corrected chi connectivity index (χ2v) is 7.73. The quantitative estimate of drug-likeness (QED) is 0.659. The molecule has 1 aliphatic rings. The lowest BCUT2D eigenvalue weighted by Gasteiger charge is -2.19. The van der Waals surface area contributed by atoms with Crippen molar-refractivity contribution in [3.8, 4) is 0 Å². The molecule has 1 aliphatic heterocycles. The predicted octanol–water partition coefficient (Wildman–Crippen LogP) is 1.11. The molecular weight excluding hydrogens is 270 g/mol. The Bertz CT molecular complexity index is 407. The summed E-state index contributed by atoms with van der Waals surface area (Å²) in [7, 11) is -2.86. The number of amides is 1. The van der Waals surface area contributed by atoms with E-state index >= 15 is 0 Å². The molecule has 0 N–H and O–H groups in total. The highest BCUT2D eigenvalue weighted by atomic mass is 32.2. The zero-order chi connectivity index (χ0) is 13.6. The molecule has 1 amide bonds. The number of hydrogen-bond acceptors (Lipinski definition) is 4. The normalized spacial score (nSPS) is 21.4. The first-order chi connectivity index (χ1) is 8.48. The molecule has 4 nitrogen and oxygen atoms in total. The average Bonchev–Trinajstić information content (AvgIpc) is 2.66. The lowest BCUT2D eigenvalue weighted by molar-refractivity contribution is -0.127. The molecule has 18 heavy (non-hydrogen) atoms. The van der Waals surface area contributed by atoms with Gasteiger partial charge in [-0.1, -0.05) is 12.2 Å². The van der Waals surface area contributed by atoms with Crippen molar-refractivity contribution in [2.45, 2.75) is 11.7 Å². The van der Waals surface area contributed by atoms with Crippen LogP contribution in [0.3, 0.4) is 0 Å². The average molecular weight is 289 g/mol. The van der Waals surface area contributed by atoms with Crippen molar-refractivity contribution in [1.82, 2.24) is 4.90 Å². The van der Waals surface area contributed by atoms with Gasteiger partial charge in [-0.05, 0) is 6.42 Å². The Balaban J connectivity index is 2.40. The highest BCUT2D eigenvalue weighted by molar-refractivity contribution is 8.02. The summed E-state index contributed by atoms with van der Waals surface area (Å²) >= 11 is 1.44. The van der Waals surface area contributed by atoms with E-state index in [0.717, 1.165) is 0 Å². The van der Waals surface area contributed by atoms with Crippen molar-refractivity contribution < 1.29 is 13.2 Å². The van der Waals surface area contributed by atoms with Crippen LogP contribution in [0.15, 0.2) is 25.3 Å². The fraction of sp³-hybridized carbons (Fsp3) is 0.583. The summed E-state index contributed by atoms with van der Waals surface area (Å²) < 4.78 is 22.6. The maximum atomic E-state index is 11.9. The van der Waals surface area contributed by atoms with E-state index < -0.39 is 9.84 Å². The molecule has 0 aliphatic carbocycles. The van der Waals surface area contributed by atoms with Gasteiger partial charge in [-0.2, -0.15) is 0 Å². The molecular formula is C12H19NO3S2. The smallest absolute Gasteiger partial charge is 0.233 e. The van der Waals surface area contributed by atoms with E-state index in [1.807, 2.05) is 0 Å². The van der Waals surface area contributed by atoms with Crippen LogP contribution in [-0.4, -0.2) is 54.8 Å². The predicted molar refractivity (Wildman–Crippen MR) is 76.5 cm³/mol. The van der Waals surface area contributed by atoms with Crippen molar-refractivity contribution in [2.24, 2.45) is 0 Å². The number of carbonyl (C=O) groups excluding carboxylic acids is 1. The molecule has 0 bridgehead atoms. The van der Waals surface area contributed by atoms with Crippen LogP contribution in [0.5, 0.6) is 0 Å². The second kappa shape index (κ2) is 6.99. The van der Waals surface area contributed by atoms with Gasteiger partial charge in [0.2, 0.25) is 5.91 Å². The third-order valence-electron chi connectivity index (χ3n) is 2.68. The first kappa shape index (κ1) is 15.3. The van der Waals surface area contributed by atoms with Crippen LogP contribution in [0, 0.1) is 0 Å². The number of carbonyl (C=O) groups is 1. The molecule has 0 aromatic heterocycles. The molecule has 1 unspecified atom stereocenters. The molecule has 1 atom stereocenters. The summed E-state index contributed by atoms with van der Waals surface area (Å²) in [5, 5.41) is 0.0632. The van der Waals surface area contributed by atoms with E-state index in [-0.39, 0.29) is 22.7 Å². The molecule has 6 heteroatoms. The van der Waals surface area contributed by atoms with Gasteiger partial charge in [-0.25, -0.2) is 8.42 Å². The van der Waals surface area contributed by atoms with Crippen LogP contribution in [0.1, 0.15) is 6.42 Å². The zero-order valence-electron chi connectivity index (χ0n) is 10.4. The first-order valence-electron chi connectivity index (χ1n) is 5.80. The van der Waals surface area contributed by atoms with Crippen molar-refractivity contribution in [1.29, 1.82) is 0 Å². The summed E-state index contributed by atoms with van der Waals surface area (Å²) in [6, 6.07) is 0. The van der Waals surface area contributed by atoms with E-state index in [4.69, 9.17) is 0 Å². The number of thioether (sulfide) groups is 1. The van der Waals surface area contributed by atoms with Gasteiger partial charge >= 0.3 is 0 Å². The third-order valence-corrected chi connectivity index (χ3v) is 5.95. The van der Waals surface area contributed by atoms with Crippen LogP contribution in [0.4, 0.5) is 0 Å². The van der Waals surface area contributed by atoms with E-state index in [1.165, 1.54) is 11.8 Å².